The van der Waals surface area contributed by atoms with Gasteiger partial charge < -0.3 is 10.1 Å². The summed E-state index contributed by atoms with van der Waals surface area (Å²) in [6.07, 6.45) is 3.78. The highest BCUT2D eigenvalue weighted by molar-refractivity contribution is 8.07. The SMILES string of the molecule is CNC(C1CCOC2(CCSC2)C1)C1CSC(C)C(C)S1. The molecule has 0 bridgehead atoms. The van der Waals surface area contributed by atoms with Crippen LogP contribution in [0.25, 0.3) is 0 Å². The lowest BCUT2D eigenvalue weighted by Crippen LogP contribution is -2.51. The lowest BCUT2D eigenvalue weighted by atomic mass is 9.80. The molecule has 6 unspecified atom stereocenters. The molecule has 122 valence electrons. The molecular formula is C16H29NOS3. The third-order valence-electron chi connectivity index (χ3n) is 5.41. The third kappa shape index (κ3) is 3.73. The van der Waals surface area contributed by atoms with Gasteiger partial charge in [-0.05, 0) is 38.0 Å². The molecule has 1 N–H and O–H groups in total. The normalized spacial score (nSPS) is 45.9. The van der Waals surface area contributed by atoms with Crippen LogP contribution in [0.2, 0.25) is 0 Å². The molecule has 0 amide bonds. The van der Waals surface area contributed by atoms with E-state index in [1.807, 2.05) is 0 Å². The molecule has 3 heterocycles. The molecule has 6 atom stereocenters. The van der Waals surface area contributed by atoms with E-state index in [-0.39, 0.29) is 5.60 Å². The Hall–Kier alpha value is 0.970. The summed E-state index contributed by atoms with van der Waals surface area (Å²) >= 11 is 6.47. The first-order valence-electron chi connectivity index (χ1n) is 8.29. The minimum absolute atomic E-state index is 0.216. The van der Waals surface area contributed by atoms with Crippen LogP contribution in [0.4, 0.5) is 0 Å². The van der Waals surface area contributed by atoms with Gasteiger partial charge in [0.1, 0.15) is 0 Å². The molecule has 0 saturated carbocycles. The van der Waals surface area contributed by atoms with Crippen LogP contribution in [-0.2, 0) is 4.74 Å². The summed E-state index contributed by atoms with van der Waals surface area (Å²) in [6.45, 7) is 5.76. The van der Waals surface area contributed by atoms with Gasteiger partial charge in [0, 0.05) is 39.9 Å². The van der Waals surface area contributed by atoms with Crippen LogP contribution in [0.1, 0.15) is 33.1 Å². The fourth-order valence-electron chi connectivity index (χ4n) is 3.96. The molecule has 0 aromatic rings. The Labute approximate surface area is 142 Å². The Morgan fingerprint density at radius 3 is 2.81 bits per heavy atom. The molecule has 21 heavy (non-hydrogen) atoms. The number of nitrogens with one attached hydrogen (secondary N) is 1. The molecule has 1 spiro atoms. The second-order valence-corrected chi connectivity index (χ2v) is 11.0. The Kier molecular flexibility index (Phi) is 5.80. The fraction of sp³-hybridized carbons (Fsp3) is 1.00. The standard InChI is InChI=1S/C16H29NOS3/c1-11-12(2)21-14(9-20-11)15(17-3)13-4-6-18-16(8-13)5-7-19-10-16/h11-15,17H,4-10H2,1-3H3. The molecular weight excluding hydrogens is 318 g/mol. The van der Waals surface area contributed by atoms with E-state index < -0.39 is 0 Å². The van der Waals surface area contributed by atoms with Crippen molar-refractivity contribution in [2.75, 3.05) is 30.9 Å². The van der Waals surface area contributed by atoms with E-state index in [9.17, 15) is 0 Å². The highest BCUT2D eigenvalue weighted by atomic mass is 32.2. The summed E-state index contributed by atoms with van der Waals surface area (Å²) < 4.78 is 6.22. The van der Waals surface area contributed by atoms with Crippen molar-refractivity contribution in [2.45, 2.75) is 60.5 Å². The highest BCUT2D eigenvalue weighted by Crippen LogP contribution is 2.44. The second-order valence-electron chi connectivity index (χ2n) is 6.82. The van der Waals surface area contributed by atoms with Gasteiger partial charge in [-0.3, -0.25) is 0 Å². The fourth-order valence-corrected chi connectivity index (χ4v) is 8.58. The first kappa shape index (κ1) is 16.8. The van der Waals surface area contributed by atoms with Crippen molar-refractivity contribution in [1.29, 1.82) is 0 Å². The van der Waals surface area contributed by atoms with Crippen molar-refractivity contribution in [2.24, 2.45) is 5.92 Å². The predicted octanol–water partition coefficient (Wildman–Crippen LogP) is 3.50. The summed E-state index contributed by atoms with van der Waals surface area (Å²) in [5, 5.41) is 6.03. The third-order valence-corrected chi connectivity index (χ3v) is 10.2. The Balaban J connectivity index is 1.65. The maximum absolute atomic E-state index is 6.22. The maximum atomic E-state index is 6.22. The van der Waals surface area contributed by atoms with Crippen LogP contribution >= 0.6 is 35.3 Å². The molecule has 2 nitrogen and oxygen atoms in total. The van der Waals surface area contributed by atoms with E-state index in [1.165, 1.54) is 36.5 Å². The Morgan fingerprint density at radius 1 is 1.29 bits per heavy atom. The van der Waals surface area contributed by atoms with Crippen LogP contribution in [0, 0.1) is 5.92 Å². The average molecular weight is 348 g/mol. The van der Waals surface area contributed by atoms with Gasteiger partial charge in [0.25, 0.3) is 0 Å². The van der Waals surface area contributed by atoms with Gasteiger partial charge in [-0.1, -0.05) is 13.8 Å². The summed E-state index contributed by atoms with van der Waals surface area (Å²) in [7, 11) is 2.17. The van der Waals surface area contributed by atoms with Gasteiger partial charge in [-0.25, -0.2) is 0 Å². The number of ether oxygens (including phenoxy) is 1. The van der Waals surface area contributed by atoms with Gasteiger partial charge >= 0.3 is 0 Å². The number of thioether (sulfide) groups is 3. The van der Waals surface area contributed by atoms with E-state index in [1.54, 1.807) is 0 Å². The summed E-state index contributed by atoms with van der Waals surface area (Å²) in [4.78, 5) is 0. The van der Waals surface area contributed by atoms with E-state index in [2.05, 4.69) is 61.5 Å². The summed E-state index contributed by atoms with van der Waals surface area (Å²) in [5.41, 5.74) is 0.216. The summed E-state index contributed by atoms with van der Waals surface area (Å²) in [6, 6.07) is 0.656. The first-order valence-corrected chi connectivity index (χ1v) is 11.4. The second kappa shape index (κ2) is 7.25. The largest absolute Gasteiger partial charge is 0.374 e. The van der Waals surface area contributed by atoms with E-state index in [0.29, 0.717) is 6.04 Å². The van der Waals surface area contributed by atoms with Gasteiger partial charge in [-0.15, -0.1) is 0 Å². The molecule has 3 fully saturated rings. The molecule has 3 aliphatic heterocycles. The van der Waals surface area contributed by atoms with Crippen LogP contribution in [0.3, 0.4) is 0 Å². The minimum Gasteiger partial charge on any atom is -0.374 e. The number of rotatable bonds is 3. The molecule has 0 radical (unpaired) electrons. The lowest BCUT2D eigenvalue weighted by Gasteiger charge is -2.44. The van der Waals surface area contributed by atoms with Gasteiger partial charge in [0.2, 0.25) is 0 Å². The van der Waals surface area contributed by atoms with Crippen molar-refractivity contribution in [1.82, 2.24) is 5.32 Å². The Bertz CT molecular complexity index is 348. The van der Waals surface area contributed by atoms with Gasteiger partial charge in [0.05, 0.1) is 5.60 Å². The quantitative estimate of drug-likeness (QED) is 0.841. The van der Waals surface area contributed by atoms with Crippen LogP contribution in [0.5, 0.6) is 0 Å². The topological polar surface area (TPSA) is 21.3 Å². The van der Waals surface area contributed by atoms with E-state index >= 15 is 0 Å². The molecule has 5 heteroatoms. The molecule has 3 aliphatic rings. The van der Waals surface area contributed by atoms with Crippen molar-refractivity contribution in [3.05, 3.63) is 0 Å². The van der Waals surface area contributed by atoms with Crippen LogP contribution in [-0.4, -0.2) is 58.3 Å². The molecule has 0 aliphatic carbocycles. The monoisotopic (exact) mass is 347 g/mol. The van der Waals surface area contributed by atoms with E-state index in [0.717, 1.165) is 28.3 Å². The molecule has 3 rings (SSSR count). The Morgan fingerprint density at radius 2 is 2.14 bits per heavy atom. The first-order chi connectivity index (χ1) is 10.1. The van der Waals surface area contributed by atoms with E-state index in [4.69, 9.17) is 4.74 Å². The predicted molar refractivity (Wildman–Crippen MR) is 99.0 cm³/mol. The lowest BCUT2D eigenvalue weighted by molar-refractivity contribution is -0.0845. The number of hydrogen-bond acceptors (Lipinski definition) is 5. The van der Waals surface area contributed by atoms with Crippen LogP contribution in [0.15, 0.2) is 0 Å². The summed E-state index contributed by atoms with van der Waals surface area (Å²) in [5.74, 6) is 4.61. The zero-order valence-corrected chi connectivity index (χ0v) is 15.9. The number of hydrogen-bond donors (Lipinski definition) is 1. The van der Waals surface area contributed by atoms with Crippen molar-refractivity contribution < 1.29 is 4.74 Å². The smallest absolute Gasteiger partial charge is 0.0783 e. The minimum atomic E-state index is 0.216. The van der Waals surface area contributed by atoms with Crippen molar-refractivity contribution in [3.63, 3.8) is 0 Å². The van der Waals surface area contributed by atoms with Crippen molar-refractivity contribution >= 4 is 35.3 Å². The molecule has 3 saturated heterocycles. The average Bonchev–Trinajstić information content (AvgIpc) is 2.91. The van der Waals surface area contributed by atoms with Gasteiger partial charge in [-0.2, -0.15) is 35.3 Å². The van der Waals surface area contributed by atoms with Crippen LogP contribution < -0.4 is 5.32 Å². The molecule has 0 aromatic carbocycles. The molecule has 0 aromatic heterocycles. The zero-order valence-electron chi connectivity index (χ0n) is 13.5. The van der Waals surface area contributed by atoms with Crippen molar-refractivity contribution in [3.8, 4) is 0 Å². The van der Waals surface area contributed by atoms with Gasteiger partial charge in [0.15, 0.2) is 0 Å². The highest BCUT2D eigenvalue weighted by Gasteiger charge is 2.44. The maximum Gasteiger partial charge on any atom is 0.0783 e. The zero-order chi connectivity index (χ0) is 14.9.